The van der Waals surface area contributed by atoms with Crippen LogP contribution in [0.4, 0.5) is 5.82 Å². The maximum absolute atomic E-state index is 4.64. The quantitative estimate of drug-likeness (QED) is 0.381. The maximum Gasteiger partial charge on any atom is 0.191 e. The van der Waals surface area contributed by atoms with E-state index in [-0.39, 0.29) is 24.0 Å². The van der Waals surface area contributed by atoms with Crippen molar-refractivity contribution in [3.05, 3.63) is 59.3 Å². The van der Waals surface area contributed by atoms with Crippen molar-refractivity contribution in [3.63, 3.8) is 0 Å². The van der Waals surface area contributed by atoms with Crippen LogP contribution in [-0.4, -0.2) is 56.1 Å². The van der Waals surface area contributed by atoms with Crippen molar-refractivity contribution in [2.75, 3.05) is 45.2 Å². The van der Waals surface area contributed by atoms with Crippen LogP contribution in [0.5, 0.6) is 0 Å². The fraction of sp³-hybridized carbons (Fsp3) is 0.429. The number of hydrogen-bond donors (Lipinski definition) is 2. The van der Waals surface area contributed by atoms with Crippen molar-refractivity contribution in [2.45, 2.75) is 20.0 Å². The molecule has 1 aromatic carbocycles. The number of benzene rings is 1. The van der Waals surface area contributed by atoms with E-state index in [0.717, 1.165) is 50.1 Å². The van der Waals surface area contributed by atoms with Crippen LogP contribution in [0.3, 0.4) is 0 Å². The van der Waals surface area contributed by atoms with E-state index in [1.165, 1.54) is 11.1 Å². The van der Waals surface area contributed by atoms with Crippen LogP contribution in [0.2, 0.25) is 0 Å². The summed E-state index contributed by atoms with van der Waals surface area (Å²) in [5, 5.41) is 6.71. The molecule has 2 N–H and O–H groups in total. The van der Waals surface area contributed by atoms with Crippen molar-refractivity contribution in [2.24, 2.45) is 4.99 Å². The topological polar surface area (TPSA) is 55.8 Å². The predicted octanol–water partition coefficient (Wildman–Crippen LogP) is 2.63. The Morgan fingerprint density at radius 3 is 2.36 bits per heavy atom. The molecule has 0 radical (unpaired) electrons. The van der Waals surface area contributed by atoms with Crippen molar-refractivity contribution in [1.82, 2.24) is 20.5 Å². The average molecular weight is 494 g/mol. The second-order valence-corrected chi connectivity index (χ2v) is 7.08. The molecule has 0 bridgehead atoms. The number of rotatable bonds is 5. The first-order chi connectivity index (χ1) is 13.1. The van der Waals surface area contributed by atoms with Crippen molar-refractivity contribution >= 4 is 35.8 Å². The van der Waals surface area contributed by atoms with Crippen LogP contribution in [0.15, 0.2) is 47.6 Å². The van der Waals surface area contributed by atoms with E-state index in [2.05, 4.69) is 80.8 Å². The molecule has 0 saturated carbocycles. The summed E-state index contributed by atoms with van der Waals surface area (Å²) in [7, 11) is 3.96. The molecule has 3 rings (SSSR count). The summed E-state index contributed by atoms with van der Waals surface area (Å²) in [4.78, 5) is 13.6. The number of aliphatic imine (C=N–C) groups is 1. The highest BCUT2D eigenvalue weighted by molar-refractivity contribution is 14.0. The number of halogens is 1. The summed E-state index contributed by atoms with van der Waals surface area (Å²) in [6.45, 7) is 7.82. The molecular formula is C21H31IN6. The highest BCUT2D eigenvalue weighted by atomic mass is 127. The molecule has 0 atom stereocenters. The molecule has 0 spiro atoms. The fourth-order valence-corrected chi connectivity index (χ4v) is 3.16. The lowest BCUT2D eigenvalue weighted by Crippen LogP contribution is -2.44. The molecule has 0 aliphatic carbocycles. The molecule has 6 nitrogen and oxygen atoms in total. The smallest absolute Gasteiger partial charge is 0.191 e. The second-order valence-electron chi connectivity index (χ2n) is 7.08. The third-order valence-electron chi connectivity index (χ3n) is 4.86. The standard InChI is InChI=1S/C21H30N6.HI/c1-17-5-4-6-18(13-17)14-24-21(22-2)25-16-19-7-8-20(23-15-19)27-11-9-26(3)10-12-27;/h4-8,13,15H,9-12,14,16H2,1-3H3,(H2,22,24,25);1H. The first-order valence-corrected chi connectivity index (χ1v) is 9.52. The summed E-state index contributed by atoms with van der Waals surface area (Å²) in [5.74, 6) is 1.86. The number of likely N-dealkylation sites (N-methyl/N-ethyl adjacent to an activating group) is 1. The van der Waals surface area contributed by atoms with Gasteiger partial charge in [-0.3, -0.25) is 4.99 Å². The number of aryl methyl sites for hydroxylation is 1. The van der Waals surface area contributed by atoms with E-state index < -0.39 is 0 Å². The van der Waals surface area contributed by atoms with Crippen molar-refractivity contribution < 1.29 is 0 Å². The van der Waals surface area contributed by atoms with E-state index in [1.807, 2.05) is 6.20 Å². The normalized spacial score (nSPS) is 15.1. The molecule has 1 aliphatic heterocycles. The molecule has 28 heavy (non-hydrogen) atoms. The van der Waals surface area contributed by atoms with E-state index >= 15 is 0 Å². The Kier molecular flexibility index (Phi) is 8.98. The second kappa shape index (κ2) is 11.2. The molecule has 2 heterocycles. The summed E-state index contributed by atoms with van der Waals surface area (Å²) >= 11 is 0. The molecule has 152 valence electrons. The number of hydrogen-bond acceptors (Lipinski definition) is 4. The highest BCUT2D eigenvalue weighted by Crippen LogP contribution is 2.13. The Morgan fingerprint density at radius 1 is 1.04 bits per heavy atom. The molecule has 2 aromatic rings. The first-order valence-electron chi connectivity index (χ1n) is 9.52. The van der Waals surface area contributed by atoms with E-state index in [1.54, 1.807) is 7.05 Å². The van der Waals surface area contributed by atoms with Crippen LogP contribution < -0.4 is 15.5 Å². The molecule has 1 aliphatic rings. The average Bonchev–Trinajstić information content (AvgIpc) is 2.69. The van der Waals surface area contributed by atoms with Crippen molar-refractivity contribution in [1.29, 1.82) is 0 Å². The van der Waals surface area contributed by atoms with E-state index in [0.29, 0.717) is 6.54 Å². The van der Waals surface area contributed by atoms with Gasteiger partial charge in [0.25, 0.3) is 0 Å². The minimum Gasteiger partial charge on any atom is -0.354 e. The Hall–Kier alpha value is -1.87. The number of guanidine groups is 1. The first kappa shape index (κ1) is 22.4. The molecule has 0 amide bonds. The van der Waals surface area contributed by atoms with Crippen LogP contribution in [0.1, 0.15) is 16.7 Å². The summed E-state index contributed by atoms with van der Waals surface area (Å²) < 4.78 is 0. The van der Waals surface area contributed by atoms with Gasteiger partial charge in [0.15, 0.2) is 5.96 Å². The summed E-state index contributed by atoms with van der Waals surface area (Å²) in [5.41, 5.74) is 3.66. The van der Waals surface area contributed by atoms with E-state index in [4.69, 9.17) is 0 Å². The minimum absolute atomic E-state index is 0. The number of aromatic nitrogens is 1. The van der Waals surface area contributed by atoms with Gasteiger partial charge in [-0.1, -0.05) is 35.9 Å². The van der Waals surface area contributed by atoms with Gasteiger partial charge in [0.1, 0.15) is 5.82 Å². The van der Waals surface area contributed by atoms with Gasteiger partial charge in [0, 0.05) is 52.5 Å². The monoisotopic (exact) mass is 494 g/mol. The van der Waals surface area contributed by atoms with Gasteiger partial charge in [0.2, 0.25) is 0 Å². The highest BCUT2D eigenvalue weighted by Gasteiger charge is 2.14. The number of nitrogens with zero attached hydrogens (tertiary/aromatic N) is 4. The summed E-state index contributed by atoms with van der Waals surface area (Å²) in [6.07, 6.45) is 1.95. The van der Waals surface area contributed by atoms with Crippen LogP contribution in [-0.2, 0) is 13.1 Å². The van der Waals surface area contributed by atoms with Crippen LogP contribution >= 0.6 is 24.0 Å². The molecule has 1 aromatic heterocycles. The minimum atomic E-state index is 0. The van der Waals surface area contributed by atoms with Crippen molar-refractivity contribution in [3.8, 4) is 0 Å². The zero-order chi connectivity index (χ0) is 19.1. The molecular weight excluding hydrogens is 463 g/mol. The van der Waals surface area contributed by atoms with E-state index in [9.17, 15) is 0 Å². The van der Waals surface area contributed by atoms with Gasteiger partial charge in [-0.25, -0.2) is 4.98 Å². The van der Waals surface area contributed by atoms with Gasteiger partial charge < -0.3 is 20.4 Å². The number of anilines is 1. The Bertz CT molecular complexity index is 754. The molecule has 1 saturated heterocycles. The molecule has 1 fully saturated rings. The lowest BCUT2D eigenvalue weighted by molar-refractivity contribution is 0.312. The third kappa shape index (κ3) is 6.63. The number of pyridine rings is 1. The molecule has 7 heteroatoms. The lowest BCUT2D eigenvalue weighted by atomic mass is 10.1. The lowest BCUT2D eigenvalue weighted by Gasteiger charge is -2.33. The van der Waals surface area contributed by atoms with Crippen LogP contribution in [0.25, 0.3) is 0 Å². The van der Waals surface area contributed by atoms with Gasteiger partial charge in [0.05, 0.1) is 0 Å². The zero-order valence-corrected chi connectivity index (χ0v) is 19.3. The van der Waals surface area contributed by atoms with Gasteiger partial charge >= 0.3 is 0 Å². The zero-order valence-electron chi connectivity index (χ0n) is 17.0. The third-order valence-corrected chi connectivity index (χ3v) is 4.86. The van der Waals surface area contributed by atoms with Gasteiger partial charge in [-0.05, 0) is 31.2 Å². The largest absolute Gasteiger partial charge is 0.354 e. The fourth-order valence-electron chi connectivity index (χ4n) is 3.16. The number of nitrogens with one attached hydrogen (secondary N) is 2. The predicted molar refractivity (Wildman–Crippen MR) is 128 cm³/mol. The maximum atomic E-state index is 4.64. The van der Waals surface area contributed by atoms with Gasteiger partial charge in [-0.2, -0.15) is 0 Å². The Balaban J connectivity index is 0.00000280. The Labute approximate surface area is 185 Å². The SMILES string of the molecule is CN=C(NCc1ccc(N2CCN(C)CC2)nc1)NCc1cccc(C)c1.I. The molecule has 0 unspecified atom stereocenters. The van der Waals surface area contributed by atoms with Crippen LogP contribution in [0, 0.1) is 6.92 Å². The Morgan fingerprint density at radius 2 is 1.75 bits per heavy atom. The van der Waals surface area contributed by atoms with Gasteiger partial charge in [-0.15, -0.1) is 24.0 Å². The summed E-state index contributed by atoms with van der Waals surface area (Å²) in [6, 6.07) is 12.7. The number of piperazine rings is 1.